The Bertz CT molecular complexity index is 516. The molecule has 2 aliphatic rings. The number of rotatable bonds is 6. The van der Waals surface area contributed by atoms with E-state index in [-0.39, 0.29) is 0 Å². The van der Waals surface area contributed by atoms with E-state index in [9.17, 15) is 8.42 Å². The predicted molar refractivity (Wildman–Crippen MR) is 103 cm³/mol. The third-order valence-corrected chi connectivity index (χ3v) is 7.49. The van der Waals surface area contributed by atoms with E-state index >= 15 is 0 Å². The van der Waals surface area contributed by atoms with Crippen molar-refractivity contribution in [3.8, 4) is 0 Å². The lowest BCUT2D eigenvalue weighted by atomic mass is 9.98. The number of piperidine rings is 1. The quantitative estimate of drug-likeness (QED) is 0.543. The summed E-state index contributed by atoms with van der Waals surface area (Å²) in [5.74, 6) is 2.58. The van der Waals surface area contributed by atoms with Crippen molar-refractivity contribution in [2.45, 2.75) is 50.3 Å². The van der Waals surface area contributed by atoms with Crippen molar-refractivity contribution >= 4 is 27.7 Å². The van der Waals surface area contributed by atoms with Crippen LogP contribution in [-0.2, 0) is 10.0 Å². The molecular weight excluding hydrogens is 344 g/mol. The van der Waals surface area contributed by atoms with Gasteiger partial charge in [0.2, 0.25) is 10.0 Å². The largest absolute Gasteiger partial charge is 0.356 e. The first kappa shape index (κ1) is 19.8. The van der Waals surface area contributed by atoms with Crippen LogP contribution in [0.2, 0.25) is 0 Å². The van der Waals surface area contributed by atoms with Gasteiger partial charge < -0.3 is 10.6 Å². The second kappa shape index (κ2) is 9.29. The van der Waals surface area contributed by atoms with E-state index < -0.39 is 10.0 Å². The molecule has 0 amide bonds. The maximum Gasteiger partial charge on any atom is 0.211 e. The summed E-state index contributed by atoms with van der Waals surface area (Å²) in [5, 5.41) is 7.76. The Morgan fingerprint density at radius 2 is 1.96 bits per heavy atom. The molecule has 0 aromatic heterocycles. The Morgan fingerprint density at radius 1 is 1.25 bits per heavy atom. The molecule has 0 aromatic rings. The van der Waals surface area contributed by atoms with Crippen LogP contribution < -0.4 is 10.6 Å². The van der Waals surface area contributed by atoms with E-state index in [4.69, 9.17) is 0 Å². The lowest BCUT2D eigenvalue weighted by Gasteiger charge is -2.30. The Labute approximate surface area is 151 Å². The second-order valence-corrected chi connectivity index (χ2v) is 10.3. The van der Waals surface area contributed by atoms with Crippen LogP contribution in [0.5, 0.6) is 0 Å². The molecule has 8 heteroatoms. The summed E-state index contributed by atoms with van der Waals surface area (Å²) in [5.41, 5.74) is 0. The minimum absolute atomic E-state index is 0.508. The standard InChI is InChI=1S/C16H32N4O2S2/c1-4-23-15-6-5-14(11-15)19-16(17-2)18-12-13-7-9-20(10-8-13)24(3,21)22/h13-15H,4-12H2,1-3H3,(H2,17,18,19). The number of thioether (sulfide) groups is 1. The van der Waals surface area contributed by atoms with E-state index in [0.717, 1.165) is 30.6 Å². The number of sulfonamides is 1. The van der Waals surface area contributed by atoms with E-state index in [2.05, 4.69) is 34.3 Å². The Kier molecular flexibility index (Phi) is 7.68. The van der Waals surface area contributed by atoms with Gasteiger partial charge in [0.05, 0.1) is 6.26 Å². The van der Waals surface area contributed by atoms with Gasteiger partial charge in [-0.1, -0.05) is 6.92 Å². The fraction of sp³-hybridized carbons (Fsp3) is 0.938. The molecule has 1 saturated carbocycles. The molecular formula is C16H32N4O2S2. The summed E-state index contributed by atoms with van der Waals surface area (Å²) in [4.78, 5) is 4.34. The zero-order chi connectivity index (χ0) is 17.6. The zero-order valence-electron chi connectivity index (χ0n) is 15.1. The van der Waals surface area contributed by atoms with Gasteiger partial charge in [-0.25, -0.2) is 12.7 Å². The number of hydrogen-bond acceptors (Lipinski definition) is 4. The van der Waals surface area contributed by atoms with Gasteiger partial charge in [-0.3, -0.25) is 4.99 Å². The monoisotopic (exact) mass is 376 g/mol. The smallest absolute Gasteiger partial charge is 0.211 e. The normalized spacial score (nSPS) is 27.4. The Hall–Kier alpha value is -0.470. The second-order valence-electron chi connectivity index (χ2n) is 6.79. The van der Waals surface area contributed by atoms with Crippen LogP contribution in [0.3, 0.4) is 0 Å². The van der Waals surface area contributed by atoms with Crippen molar-refractivity contribution in [1.29, 1.82) is 0 Å². The first-order valence-corrected chi connectivity index (χ1v) is 11.9. The molecule has 2 rings (SSSR count). The molecule has 0 spiro atoms. The van der Waals surface area contributed by atoms with Gasteiger partial charge in [0, 0.05) is 38.0 Å². The van der Waals surface area contributed by atoms with Crippen molar-refractivity contribution < 1.29 is 8.42 Å². The van der Waals surface area contributed by atoms with Gasteiger partial charge >= 0.3 is 0 Å². The highest BCUT2D eigenvalue weighted by atomic mass is 32.2. The molecule has 140 valence electrons. The van der Waals surface area contributed by atoms with Crippen LogP contribution in [0.25, 0.3) is 0 Å². The van der Waals surface area contributed by atoms with Gasteiger partial charge in [0.15, 0.2) is 5.96 Å². The zero-order valence-corrected chi connectivity index (χ0v) is 16.8. The molecule has 2 fully saturated rings. The van der Waals surface area contributed by atoms with Crippen molar-refractivity contribution in [3.05, 3.63) is 0 Å². The van der Waals surface area contributed by atoms with Gasteiger partial charge in [0.1, 0.15) is 0 Å². The molecule has 0 bridgehead atoms. The van der Waals surface area contributed by atoms with Crippen LogP contribution in [0, 0.1) is 5.92 Å². The molecule has 6 nitrogen and oxygen atoms in total. The lowest BCUT2D eigenvalue weighted by Crippen LogP contribution is -2.46. The number of hydrogen-bond donors (Lipinski definition) is 2. The fourth-order valence-electron chi connectivity index (χ4n) is 3.53. The van der Waals surface area contributed by atoms with Gasteiger partial charge in [-0.15, -0.1) is 0 Å². The van der Waals surface area contributed by atoms with Crippen molar-refractivity contribution in [2.75, 3.05) is 38.7 Å². The van der Waals surface area contributed by atoms with Crippen LogP contribution in [0.4, 0.5) is 0 Å². The van der Waals surface area contributed by atoms with Gasteiger partial charge in [-0.05, 0) is 43.8 Å². The summed E-state index contributed by atoms with van der Waals surface area (Å²) in [6.45, 7) is 4.35. The van der Waals surface area contributed by atoms with Gasteiger partial charge in [0.25, 0.3) is 0 Å². The molecule has 2 atom stereocenters. The maximum atomic E-state index is 11.6. The summed E-state index contributed by atoms with van der Waals surface area (Å²) < 4.78 is 24.7. The third-order valence-electron chi connectivity index (χ3n) is 4.95. The predicted octanol–water partition coefficient (Wildman–Crippen LogP) is 1.50. The molecule has 1 saturated heterocycles. The number of nitrogens with zero attached hydrogens (tertiary/aromatic N) is 2. The molecule has 1 aliphatic heterocycles. The van der Waals surface area contributed by atoms with Crippen molar-refractivity contribution in [2.24, 2.45) is 10.9 Å². The first-order valence-electron chi connectivity index (χ1n) is 8.96. The SMILES string of the molecule is CCSC1CCC(NC(=NC)NCC2CCN(S(C)(=O)=O)CC2)C1. The highest BCUT2D eigenvalue weighted by molar-refractivity contribution is 7.99. The molecule has 24 heavy (non-hydrogen) atoms. The average Bonchev–Trinajstić information content (AvgIpc) is 2.98. The fourth-order valence-corrected chi connectivity index (χ4v) is 5.55. The lowest BCUT2D eigenvalue weighted by molar-refractivity contribution is 0.274. The first-order chi connectivity index (χ1) is 11.4. The molecule has 2 N–H and O–H groups in total. The molecule has 2 unspecified atom stereocenters. The van der Waals surface area contributed by atoms with E-state index in [1.165, 1.54) is 31.3 Å². The van der Waals surface area contributed by atoms with Crippen LogP contribution >= 0.6 is 11.8 Å². The highest BCUT2D eigenvalue weighted by Gasteiger charge is 2.27. The average molecular weight is 377 g/mol. The molecule has 0 aromatic carbocycles. The summed E-state index contributed by atoms with van der Waals surface area (Å²) in [6, 6.07) is 0.521. The topological polar surface area (TPSA) is 73.8 Å². The number of guanidine groups is 1. The third kappa shape index (κ3) is 6.11. The van der Waals surface area contributed by atoms with E-state index in [1.807, 2.05) is 7.05 Å². The number of nitrogens with one attached hydrogen (secondary N) is 2. The Balaban J connectivity index is 1.69. The van der Waals surface area contributed by atoms with Crippen molar-refractivity contribution in [3.63, 3.8) is 0 Å². The minimum Gasteiger partial charge on any atom is -0.356 e. The van der Waals surface area contributed by atoms with E-state index in [1.54, 1.807) is 4.31 Å². The van der Waals surface area contributed by atoms with E-state index in [0.29, 0.717) is 25.0 Å². The summed E-state index contributed by atoms with van der Waals surface area (Å²) >= 11 is 2.06. The van der Waals surface area contributed by atoms with Gasteiger partial charge in [-0.2, -0.15) is 11.8 Å². The molecule has 0 radical (unpaired) electrons. The maximum absolute atomic E-state index is 11.6. The minimum atomic E-state index is -3.04. The summed E-state index contributed by atoms with van der Waals surface area (Å²) in [7, 11) is -1.22. The Morgan fingerprint density at radius 3 is 2.54 bits per heavy atom. The van der Waals surface area contributed by atoms with Crippen LogP contribution in [0.15, 0.2) is 4.99 Å². The van der Waals surface area contributed by atoms with Crippen LogP contribution in [-0.4, -0.2) is 68.7 Å². The molecule has 1 heterocycles. The highest BCUT2D eigenvalue weighted by Crippen LogP contribution is 2.29. The number of aliphatic imine (C=N–C) groups is 1. The summed E-state index contributed by atoms with van der Waals surface area (Å²) in [6.07, 6.45) is 6.84. The molecule has 1 aliphatic carbocycles. The van der Waals surface area contributed by atoms with Crippen molar-refractivity contribution in [1.82, 2.24) is 14.9 Å². The van der Waals surface area contributed by atoms with Crippen LogP contribution in [0.1, 0.15) is 39.0 Å².